The molecule has 94 valence electrons. The second kappa shape index (κ2) is 5.66. The molecule has 18 heavy (non-hydrogen) atoms. The maximum atomic E-state index is 12.0. The van der Waals surface area contributed by atoms with Gasteiger partial charge in [-0.3, -0.25) is 4.98 Å². The van der Waals surface area contributed by atoms with E-state index in [4.69, 9.17) is 4.18 Å². The Balaban J connectivity index is 2.34. The number of rotatable bonds is 4. The molecule has 0 aliphatic heterocycles. The molecule has 0 spiro atoms. The summed E-state index contributed by atoms with van der Waals surface area (Å²) in [6.45, 7) is 0. The minimum atomic E-state index is -3.79. The van der Waals surface area contributed by atoms with Gasteiger partial charge in [-0.1, -0.05) is 40.8 Å². The van der Waals surface area contributed by atoms with Gasteiger partial charge < -0.3 is 4.18 Å². The van der Waals surface area contributed by atoms with Crippen LogP contribution in [-0.4, -0.2) is 13.4 Å². The molecule has 0 N–H and O–H groups in total. The molecule has 6 heteroatoms. The van der Waals surface area contributed by atoms with Gasteiger partial charge in [-0.25, -0.2) is 0 Å². The predicted molar refractivity (Wildman–Crippen MR) is 76.2 cm³/mol. The Morgan fingerprint density at radius 3 is 2.50 bits per heavy atom. The highest BCUT2D eigenvalue weighted by Crippen LogP contribution is 2.22. The van der Waals surface area contributed by atoms with Crippen molar-refractivity contribution in [2.75, 3.05) is 0 Å². The quantitative estimate of drug-likeness (QED) is 0.469. The normalized spacial score (nSPS) is 11.2. The van der Waals surface area contributed by atoms with E-state index >= 15 is 0 Å². The van der Waals surface area contributed by atoms with Crippen LogP contribution in [0.15, 0.2) is 53.6 Å². The van der Waals surface area contributed by atoms with Crippen LogP contribution < -0.4 is 4.18 Å². The average molecular weight is 375 g/mol. The lowest BCUT2D eigenvalue weighted by molar-refractivity contribution is 0.482. The smallest absolute Gasteiger partial charge is 0.339 e. The zero-order chi connectivity index (χ0) is 13.0. The minimum Gasteiger partial charge on any atom is -0.377 e. The van der Waals surface area contributed by atoms with Crippen molar-refractivity contribution in [3.8, 4) is 5.75 Å². The Morgan fingerprint density at radius 1 is 1.11 bits per heavy atom. The van der Waals surface area contributed by atoms with Gasteiger partial charge in [0.1, 0.15) is 4.90 Å². The van der Waals surface area contributed by atoms with Crippen molar-refractivity contribution in [2.24, 2.45) is 0 Å². The summed E-state index contributed by atoms with van der Waals surface area (Å²) in [7, 11) is -3.79. The fourth-order valence-corrected chi connectivity index (χ4v) is 2.90. The number of hydrogen-bond donors (Lipinski definition) is 0. The zero-order valence-corrected chi connectivity index (χ0v) is 12.3. The lowest BCUT2D eigenvalue weighted by atomic mass is 10.3. The Hall–Kier alpha value is -1.15. The highest BCUT2D eigenvalue weighted by molar-refractivity contribution is 14.1. The summed E-state index contributed by atoms with van der Waals surface area (Å²) < 4.78 is 29.7. The van der Waals surface area contributed by atoms with E-state index in [0.717, 1.165) is 0 Å². The van der Waals surface area contributed by atoms with Crippen LogP contribution in [0.3, 0.4) is 0 Å². The lowest BCUT2D eigenvalue weighted by Crippen LogP contribution is -2.11. The molecule has 0 unspecified atom stereocenters. The minimum absolute atomic E-state index is 0.133. The van der Waals surface area contributed by atoms with E-state index in [1.165, 1.54) is 12.1 Å². The highest BCUT2D eigenvalue weighted by atomic mass is 127. The SMILES string of the molecule is O=S(=O)(Oc1cccnc1CI)c1ccccc1. The molecule has 1 aromatic heterocycles. The summed E-state index contributed by atoms with van der Waals surface area (Å²) in [5, 5.41) is 0. The summed E-state index contributed by atoms with van der Waals surface area (Å²) in [6, 6.07) is 11.3. The molecule has 0 saturated carbocycles. The zero-order valence-electron chi connectivity index (χ0n) is 9.28. The number of hydrogen-bond acceptors (Lipinski definition) is 4. The molecule has 0 radical (unpaired) electrons. The molecule has 4 nitrogen and oxygen atoms in total. The first-order valence-corrected chi connectivity index (χ1v) is 8.06. The van der Waals surface area contributed by atoms with Crippen LogP contribution in [0.25, 0.3) is 0 Å². The topological polar surface area (TPSA) is 56.3 Å². The van der Waals surface area contributed by atoms with Gasteiger partial charge in [-0.05, 0) is 24.3 Å². The van der Waals surface area contributed by atoms with Crippen molar-refractivity contribution >= 4 is 32.7 Å². The van der Waals surface area contributed by atoms with E-state index in [9.17, 15) is 8.42 Å². The average Bonchev–Trinajstić information content (AvgIpc) is 2.40. The van der Waals surface area contributed by atoms with Gasteiger partial charge in [0, 0.05) is 10.6 Å². The first kappa shape index (κ1) is 13.3. The maximum Gasteiger partial charge on any atom is 0.339 e. The van der Waals surface area contributed by atoms with Gasteiger partial charge in [0.15, 0.2) is 5.75 Å². The largest absolute Gasteiger partial charge is 0.377 e. The van der Waals surface area contributed by atoms with Crippen molar-refractivity contribution in [3.63, 3.8) is 0 Å². The molecule has 2 aromatic rings. The summed E-state index contributed by atoms with van der Waals surface area (Å²) in [4.78, 5) is 4.21. The van der Waals surface area contributed by atoms with Gasteiger partial charge >= 0.3 is 10.1 Å². The number of benzene rings is 1. The molecule has 0 fully saturated rings. The van der Waals surface area contributed by atoms with Crippen molar-refractivity contribution in [1.29, 1.82) is 0 Å². The van der Waals surface area contributed by atoms with Crippen LogP contribution in [0, 0.1) is 0 Å². The van der Waals surface area contributed by atoms with Gasteiger partial charge in [-0.2, -0.15) is 8.42 Å². The van der Waals surface area contributed by atoms with E-state index in [-0.39, 0.29) is 10.6 Å². The number of alkyl halides is 1. The third-order valence-corrected chi connectivity index (χ3v) is 4.18. The first-order valence-electron chi connectivity index (χ1n) is 5.13. The summed E-state index contributed by atoms with van der Waals surface area (Å²) in [6.07, 6.45) is 1.61. The Bertz CT molecular complexity index is 629. The summed E-state index contributed by atoms with van der Waals surface area (Å²) in [5.74, 6) is 0.274. The fraction of sp³-hybridized carbons (Fsp3) is 0.0833. The molecule has 0 aliphatic carbocycles. The number of aromatic nitrogens is 1. The lowest BCUT2D eigenvalue weighted by Gasteiger charge is -2.09. The van der Waals surface area contributed by atoms with E-state index in [2.05, 4.69) is 27.6 Å². The van der Waals surface area contributed by atoms with Crippen molar-refractivity contribution in [1.82, 2.24) is 4.98 Å². The Labute approximate surface area is 119 Å². The van der Waals surface area contributed by atoms with Gasteiger partial charge in [0.25, 0.3) is 0 Å². The molecule has 2 rings (SSSR count). The maximum absolute atomic E-state index is 12.0. The first-order chi connectivity index (χ1) is 8.63. The summed E-state index contributed by atoms with van der Waals surface area (Å²) >= 11 is 2.11. The fourth-order valence-electron chi connectivity index (χ4n) is 1.35. The van der Waals surface area contributed by atoms with Crippen molar-refractivity contribution < 1.29 is 12.6 Å². The van der Waals surface area contributed by atoms with Crippen LogP contribution in [-0.2, 0) is 14.5 Å². The van der Waals surface area contributed by atoms with Gasteiger partial charge in [0.2, 0.25) is 0 Å². The molecule has 0 saturated heterocycles. The van der Waals surface area contributed by atoms with Gasteiger partial charge in [-0.15, -0.1) is 0 Å². The van der Waals surface area contributed by atoms with Gasteiger partial charge in [0.05, 0.1) is 5.69 Å². The van der Waals surface area contributed by atoms with E-state index < -0.39 is 10.1 Å². The highest BCUT2D eigenvalue weighted by Gasteiger charge is 2.17. The Morgan fingerprint density at radius 2 is 1.83 bits per heavy atom. The predicted octanol–water partition coefficient (Wildman–Crippen LogP) is 2.78. The van der Waals surface area contributed by atoms with Crippen LogP contribution in [0.5, 0.6) is 5.75 Å². The molecular formula is C12H10INO3S. The standard InChI is InChI=1S/C12H10INO3S/c13-9-11-12(7-4-8-14-11)17-18(15,16)10-5-2-1-3-6-10/h1-8H,9H2. The van der Waals surface area contributed by atoms with Crippen LogP contribution in [0.1, 0.15) is 5.69 Å². The summed E-state index contributed by atoms with van der Waals surface area (Å²) in [5.41, 5.74) is 0.609. The molecule has 0 aliphatic rings. The van der Waals surface area contributed by atoms with E-state index in [1.807, 2.05) is 0 Å². The van der Waals surface area contributed by atoms with Crippen molar-refractivity contribution in [3.05, 3.63) is 54.4 Å². The second-order valence-electron chi connectivity index (χ2n) is 3.43. The van der Waals surface area contributed by atoms with E-state index in [0.29, 0.717) is 10.1 Å². The molecule has 1 aromatic carbocycles. The third kappa shape index (κ3) is 2.99. The van der Waals surface area contributed by atoms with Crippen molar-refractivity contribution in [2.45, 2.75) is 9.32 Å². The van der Waals surface area contributed by atoms with Crippen LogP contribution >= 0.6 is 22.6 Å². The molecular weight excluding hydrogens is 365 g/mol. The number of halogens is 1. The second-order valence-corrected chi connectivity index (χ2v) is 5.74. The number of pyridine rings is 1. The van der Waals surface area contributed by atoms with E-state index in [1.54, 1.807) is 36.5 Å². The monoisotopic (exact) mass is 375 g/mol. The third-order valence-electron chi connectivity index (χ3n) is 2.21. The molecule has 0 amide bonds. The molecule has 0 atom stereocenters. The van der Waals surface area contributed by atoms with Crippen LogP contribution in [0.2, 0.25) is 0 Å². The molecule has 0 bridgehead atoms. The number of nitrogens with zero attached hydrogens (tertiary/aromatic N) is 1. The molecule has 1 heterocycles. The Kier molecular flexibility index (Phi) is 4.18. The van der Waals surface area contributed by atoms with Crippen LogP contribution in [0.4, 0.5) is 0 Å².